The van der Waals surface area contributed by atoms with Gasteiger partial charge < -0.3 is 0 Å². The zero-order valence-electron chi connectivity index (χ0n) is 7.93. The summed E-state index contributed by atoms with van der Waals surface area (Å²) >= 11 is 3.40. The molecule has 12 heavy (non-hydrogen) atoms. The van der Waals surface area contributed by atoms with Crippen molar-refractivity contribution >= 4 is 15.9 Å². The monoisotopic (exact) mass is 230 g/mol. The van der Waals surface area contributed by atoms with Gasteiger partial charge in [0.05, 0.1) is 0 Å². The summed E-state index contributed by atoms with van der Waals surface area (Å²) in [6.07, 6.45) is 15.0. The lowest BCUT2D eigenvalue weighted by atomic mass is 10.2. The Balaban J connectivity index is 3.15. The van der Waals surface area contributed by atoms with Gasteiger partial charge in [0.15, 0.2) is 0 Å². The Hall–Kier alpha value is -0.0400. The zero-order chi connectivity index (χ0) is 9.07. The average Bonchev–Trinajstić information content (AvgIpc) is 2.10. The molecule has 0 nitrogen and oxygen atoms in total. The summed E-state index contributed by atoms with van der Waals surface area (Å²) in [5, 5.41) is 1.11. The molecular weight excluding hydrogens is 212 g/mol. The van der Waals surface area contributed by atoms with Crippen LogP contribution in [0.25, 0.3) is 0 Å². The van der Waals surface area contributed by atoms with Crippen LogP contribution in [0, 0.1) is 0 Å². The summed E-state index contributed by atoms with van der Waals surface area (Å²) < 4.78 is 0. The quantitative estimate of drug-likeness (QED) is 0.344. The lowest BCUT2D eigenvalue weighted by Crippen LogP contribution is -1.69. The Morgan fingerprint density at radius 2 is 1.58 bits per heavy atom. The van der Waals surface area contributed by atoms with E-state index in [1.807, 2.05) is 0 Å². The largest absolute Gasteiger partial charge is 0.0928 e. The standard InChI is InChI=1S/C11H19Br/c1-2-3-4-5-6-7-8-9-10-11-12/h5-8H,2-4,9-11H2,1H3/b6-5+,8-7+. The molecule has 0 aromatic heterocycles. The second-order valence-electron chi connectivity index (χ2n) is 2.83. The van der Waals surface area contributed by atoms with Crippen LogP contribution in [-0.4, -0.2) is 5.33 Å². The summed E-state index contributed by atoms with van der Waals surface area (Å²) in [5.41, 5.74) is 0. The van der Waals surface area contributed by atoms with Crippen molar-refractivity contribution < 1.29 is 0 Å². The third-order valence-corrected chi connectivity index (χ3v) is 2.17. The van der Waals surface area contributed by atoms with Gasteiger partial charge in [0.1, 0.15) is 0 Å². The normalized spacial score (nSPS) is 11.8. The van der Waals surface area contributed by atoms with Gasteiger partial charge >= 0.3 is 0 Å². The van der Waals surface area contributed by atoms with Crippen LogP contribution in [0.15, 0.2) is 24.3 Å². The molecule has 0 spiro atoms. The number of unbranched alkanes of at least 4 members (excludes halogenated alkanes) is 3. The van der Waals surface area contributed by atoms with Crippen molar-refractivity contribution in [3.63, 3.8) is 0 Å². The number of allylic oxidation sites excluding steroid dienone is 4. The Labute approximate surface area is 84.9 Å². The van der Waals surface area contributed by atoms with Gasteiger partial charge in [-0.1, -0.05) is 60.0 Å². The molecule has 0 unspecified atom stereocenters. The number of rotatable bonds is 7. The van der Waals surface area contributed by atoms with E-state index >= 15 is 0 Å². The summed E-state index contributed by atoms with van der Waals surface area (Å²) in [5.74, 6) is 0. The number of halogens is 1. The smallest absolute Gasteiger partial charge is 0.00342 e. The first kappa shape index (κ1) is 12.0. The fourth-order valence-electron chi connectivity index (χ4n) is 0.867. The highest BCUT2D eigenvalue weighted by molar-refractivity contribution is 9.09. The third kappa shape index (κ3) is 9.96. The third-order valence-electron chi connectivity index (χ3n) is 1.61. The number of alkyl halides is 1. The van der Waals surface area contributed by atoms with Gasteiger partial charge in [-0.2, -0.15) is 0 Å². The molecular formula is C11H19Br. The second-order valence-corrected chi connectivity index (χ2v) is 3.62. The van der Waals surface area contributed by atoms with Gasteiger partial charge in [0.25, 0.3) is 0 Å². The molecule has 0 saturated heterocycles. The van der Waals surface area contributed by atoms with Crippen LogP contribution in [0.3, 0.4) is 0 Å². The molecule has 0 N–H and O–H groups in total. The first-order valence-electron chi connectivity index (χ1n) is 4.79. The average molecular weight is 231 g/mol. The Bertz CT molecular complexity index is 109. The highest BCUT2D eigenvalue weighted by Crippen LogP contribution is 1.97. The SMILES string of the molecule is CCCC/C=C/C=C/CCCBr. The minimum atomic E-state index is 1.11. The highest BCUT2D eigenvalue weighted by atomic mass is 79.9. The van der Waals surface area contributed by atoms with E-state index in [0.29, 0.717) is 0 Å². The molecule has 0 aromatic carbocycles. The van der Waals surface area contributed by atoms with E-state index in [4.69, 9.17) is 0 Å². The van der Waals surface area contributed by atoms with Gasteiger partial charge in [0.2, 0.25) is 0 Å². The van der Waals surface area contributed by atoms with Crippen LogP contribution in [-0.2, 0) is 0 Å². The zero-order valence-corrected chi connectivity index (χ0v) is 9.52. The van der Waals surface area contributed by atoms with Crippen molar-refractivity contribution in [2.24, 2.45) is 0 Å². The van der Waals surface area contributed by atoms with Crippen LogP contribution in [0.1, 0.15) is 39.0 Å². The maximum atomic E-state index is 3.40. The molecule has 0 rings (SSSR count). The molecule has 0 aromatic rings. The van der Waals surface area contributed by atoms with Crippen molar-refractivity contribution in [3.05, 3.63) is 24.3 Å². The van der Waals surface area contributed by atoms with Gasteiger partial charge in [-0.3, -0.25) is 0 Å². The minimum absolute atomic E-state index is 1.11. The van der Waals surface area contributed by atoms with Gasteiger partial charge in [-0.25, -0.2) is 0 Å². The van der Waals surface area contributed by atoms with Crippen molar-refractivity contribution in [2.75, 3.05) is 5.33 Å². The van der Waals surface area contributed by atoms with E-state index in [1.54, 1.807) is 0 Å². The molecule has 0 saturated carbocycles. The molecule has 0 bridgehead atoms. The maximum Gasteiger partial charge on any atom is 0.00342 e. The number of hydrogen-bond acceptors (Lipinski definition) is 0. The maximum absolute atomic E-state index is 3.40. The van der Waals surface area contributed by atoms with Gasteiger partial charge in [-0.15, -0.1) is 0 Å². The molecule has 0 aliphatic carbocycles. The number of hydrogen-bond donors (Lipinski definition) is 0. The molecule has 0 aliphatic rings. The van der Waals surface area contributed by atoms with Crippen LogP contribution >= 0.6 is 15.9 Å². The molecule has 0 aliphatic heterocycles. The van der Waals surface area contributed by atoms with Crippen LogP contribution in [0.5, 0.6) is 0 Å². The van der Waals surface area contributed by atoms with E-state index in [9.17, 15) is 0 Å². The summed E-state index contributed by atoms with van der Waals surface area (Å²) in [6, 6.07) is 0. The van der Waals surface area contributed by atoms with Crippen LogP contribution in [0.4, 0.5) is 0 Å². The fraction of sp³-hybridized carbons (Fsp3) is 0.636. The predicted octanol–water partition coefficient (Wildman–Crippen LogP) is 4.46. The summed E-state index contributed by atoms with van der Waals surface area (Å²) in [6.45, 7) is 2.22. The van der Waals surface area contributed by atoms with Gasteiger partial charge in [0, 0.05) is 5.33 Å². The molecule has 0 radical (unpaired) electrons. The second kappa shape index (κ2) is 11.0. The van der Waals surface area contributed by atoms with Crippen LogP contribution in [0.2, 0.25) is 0 Å². The van der Waals surface area contributed by atoms with Crippen molar-refractivity contribution in [1.82, 2.24) is 0 Å². The first-order chi connectivity index (χ1) is 5.91. The van der Waals surface area contributed by atoms with Gasteiger partial charge in [-0.05, 0) is 19.3 Å². The molecule has 0 heterocycles. The Morgan fingerprint density at radius 3 is 2.08 bits per heavy atom. The van der Waals surface area contributed by atoms with Crippen molar-refractivity contribution in [3.8, 4) is 0 Å². The predicted molar refractivity (Wildman–Crippen MR) is 60.8 cm³/mol. The fourth-order valence-corrected chi connectivity index (χ4v) is 1.19. The lowest BCUT2D eigenvalue weighted by Gasteiger charge is -1.86. The van der Waals surface area contributed by atoms with E-state index < -0.39 is 0 Å². The topological polar surface area (TPSA) is 0 Å². The van der Waals surface area contributed by atoms with Crippen LogP contribution < -0.4 is 0 Å². The molecule has 0 fully saturated rings. The molecule has 0 amide bonds. The van der Waals surface area contributed by atoms with E-state index in [1.165, 1.54) is 32.1 Å². The Morgan fingerprint density at radius 1 is 1.00 bits per heavy atom. The summed E-state index contributed by atoms with van der Waals surface area (Å²) in [7, 11) is 0. The van der Waals surface area contributed by atoms with Crippen molar-refractivity contribution in [1.29, 1.82) is 0 Å². The van der Waals surface area contributed by atoms with Crippen molar-refractivity contribution in [2.45, 2.75) is 39.0 Å². The highest BCUT2D eigenvalue weighted by Gasteiger charge is 1.77. The van der Waals surface area contributed by atoms with E-state index in [0.717, 1.165) is 5.33 Å². The molecule has 1 heteroatoms. The first-order valence-corrected chi connectivity index (χ1v) is 5.91. The van der Waals surface area contributed by atoms with E-state index in [2.05, 4.69) is 47.2 Å². The minimum Gasteiger partial charge on any atom is -0.0928 e. The van der Waals surface area contributed by atoms with E-state index in [-0.39, 0.29) is 0 Å². The summed E-state index contributed by atoms with van der Waals surface area (Å²) in [4.78, 5) is 0. The molecule has 0 atom stereocenters. The molecule has 70 valence electrons. The Kier molecular flexibility index (Phi) is 10.9. The lowest BCUT2D eigenvalue weighted by molar-refractivity contribution is 0.815.